The maximum absolute atomic E-state index is 14.3. The third kappa shape index (κ3) is 10.1. The van der Waals surface area contributed by atoms with Crippen LogP contribution in [0.1, 0.15) is 153 Å². The predicted molar refractivity (Wildman–Crippen MR) is 235 cm³/mol. The molecule has 6 aliphatic heterocycles. The highest BCUT2D eigenvalue weighted by atomic mass is 19.4. The number of aromatic amines is 2. The maximum atomic E-state index is 14.3. The Kier molecular flexibility index (Phi) is 13.1. The zero-order valence-electron chi connectivity index (χ0n) is 36.7. The standard InChI is InChI=1S/C48H57F9N8/c1-2-62-23-7-3-11-38(62)42-30-15-17-32(58-30)43(39-12-4-8-24-63(39)27-46(49,50)51)34-19-21-36(60-34)45(41-14-6-10-26-65(41)29-48(55,56)57)37-22-20-35(61-37)44(33-18-16-31(42)59-33)40-13-5-9-25-64(40)28-47(52,53)54/h15-22,38-41,58-59H,2-14,23-29H2,1H3. The van der Waals surface area contributed by atoms with E-state index in [-0.39, 0.29) is 25.7 Å². The molecule has 4 fully saturated rings. The zero-order valence-corrected chi connectivity index (χ0v) is 36.7. The monoisotopic (exact) mass is 916 g/mol. The lowest BCUT2D eigenvalue weighted by Crippen LogP contribution is -2.40. The highest BCUT2D eigenvalue weighted by Gasteiger charge is 2.41. The molecule has 352 valence electrons. The minimum atomic E-state index is -4.50. The summed E-state index contributed by atoms with van der Waals surface area (Å²) in [5, 5.41) is 0. The normalized spacial score (nSPS) is 24.6. The van der Waals surface area contributed by atoms with Crippen LogP contribution in [0.15, 0.2) is 24.3 Å². The van der Waals surface area contributed by atoms with Gasteiger partial charge >= 0.3 is 18.5 Å². The summed E-state index contributed by atoms with van der Waals surface area (Å²) in [4.78, 5) is 24.5. The summed E-state index contributed by atoms with van der Waals surface area (Å²) in [6, 6.07) is 5.56. The van der Waals surface area contributed by atoms with Crippen LogP contribution in [0.5, 0.6) is 0 Å². The van der Waals surface area contributed by atoms with Crippen molar-refractivity contribution >= 4 is 46.4 Å². The van der Waals surface area contributed by atoms with E-state index in [1.807, 2.05) is 24.3 Å². The van der Waals surface area contributed by atoms with Crippen LogP contribution < -0.4 is 0 Å². The van der Waals surface area contributed by atoms with Gasteiger partial charge in [-0.15, -0.1) is 0 Å². The third-order valence-corrected chi connectivity index (χ3v) is 14.3. The van der Waals surface area contributed by atoms with Crippen molar-refractivity contribution < 1.29 is 39.5 Å². The Hall–Kier alpha value is -4.19. The summed E-state index contributed by atoms with van der Waals surface area (Å²) in [6.07, 6.45) is 1.51. The number of aromatic nitrogens is 4. The fourth-order valence-corrected chi connectivity index (χ4v) is 11.6. The number of nitrogens with zero attached hydrogens (tertiary/aromatic N) is 6. The summed E-state index contributed by atoms with van der Waals surface area (Å²) in [5.74, 6) is 0. The Labute approximate surface area is 373 Å². The molecule has 0 saturated carbocycles. The van der Waals surface area contributed by atoms with Gasteiger partial charge in [0.15, 0.2) is 0 Å². The lowest BCUT2D eigenvalue weighted by atomic mass is 9.93. The van der Waals surface area contributed by atoms with Gasteiger partial charge in [-0.25, -0.2) is 9.97 Å². The van der Waals surface area contributed by atoms with Crippen molar-refractivity contribution in [2.24, 2.45) is 0 Å². The quantitative estimate of drug-likeness (QED) is 0.151. The van der Waals surface area contributed by atoms with Crippen molar-refractivity contribution in [2.75, 3.05) is 52.4 Å². The Morgan fingerprint density at radius 3 is 1.06 bits per heavy atom. The predicted octanol–water partition coefficient (Wildman–Crippen LogP) is 12.5. The molecule has 0 aromatic carbocycles. The average Bonchev–Trinajstić information content (AvgIpc) is 4.09. The number of likely N-dealkylation sites (tertiary alicyclic amines) is 4. The number of H-pyrrole nitrogens is 2. The second kappa shape index (κ2) is 18.5. The Morgan fingerprint density at radius 1 is 0.431 bits per heavy atom. The van der Waals surface area contributed by atoms with Gasteiger partial charge in [0, 0.05) is 68.5 Å². The lowest BCUT2D eigenvalue weighted by molar-refractivity contribution is -0.154. The van der Waals surface area contributed by atoms with Gasteiger partial charge in [0.2, 0.25) is 0 Å². The van der Waals surface area contributed by atoms with Crippen LogP contribution >= 0.6 is 0 Å². The van der Waals surface area contributed by atoms with Crippen LogP contribution in [-0.4, -0.2) is 110 Å². The molecule has 0 spiro atoms. The van der Waals surface area contributed by atoms with Crippen molar-refractivity contribution in [1.82, 2.24) is 39.5 Å². The average molecular weight is 917 g/mol. The van der Waals surface area contributed by atoms with E-state index in [9.17, 15) is 39.5 Å². The van der Waals surface area contributed by atoms with Crippen molar-refractivity contribution in [3.05, 3.63) is 69.3 Å². The Balaban J connectivity index is 1.38. The largest absolute Gasteiger partial charge is 0.401 e. The highest BCUT2D eigenvalue weighted by molar-refractivity contribution is 5.84. The number of piperidine rings is 4. The van der Waals surface area contributed by atoms with E-state index in [4.69, 9.17) is 9.97 Å². The zero-order chi connectivity index (χ0) is 45.7. The summed E-state index contributed by atoms with van der Waals surface area (Å²) >= 11 is 0. The van der Waals surface area contributed by atoms with Gasteiger partial charge in [-0.1, -0.05) is 32.6 Å². The molecule has 0 amide bonds. The SMILES string of the molecule is CCN1CCCCC1c1c2ccc([nH]2)c(C2CCCCN2CC(F)(F)F)c2nc(c(C3CCCCN3CC(F)(F)F)c3nc(c(C4CCCCN4CC(F)(F)F)c4ccc1[nH]4)C=C3)C=C2. The highest BCUT2D eigenvalue weighted by Crippen LogP contribution is 2.44. The molecule has 8 nitrogen and oxygen atoms in total. The molecule has 3 aromatic heterocycles. The number of hydrogen-bond acceptors (Lipinski definition) is 6. The molecule has 9 heterocycles. The van der Waals surface area contributed by atoms with Gasteiger partial charge in [-0.2, -0.15) is 39.5 Å². The van der Waals surface area contributed by atoms with Gasteiger partial charge < -0.3 is 9.97 Å². The molecular formula is C48H57F9N8. The number of halogens is 9. The number of nitrogens with one attached hydrogen (secondary N) is 2. The third-order valence-electron chi connectivity index (χ3n) is 14.3. The van der Waals surface area contributed by atoms with Gasteiger partial charge in [0.1, 0.15) is 0 Å². The molecule has 2 N–H and O–H groups in total. The van der Waals surface area contributed by atoms with Crippen molar-refractivity contribution in [3.63, 3.8) is 0 Å². The van der Waals surface area contributed by atoms with E-state index in [2.05, 4.69) is 21.8 Å². The molecule has 65 heavy (non-hydrogen) atoms. The lowest BCUT2D eigenvalue weighted by Gasteiger charge is -2.37. The number of alkyl halides is 9. The topological polar surface area (TPSA) is 70.3 Å². The minimum Gasteiger partial charge on any atom is -0.355 e. The van der Waals surface area contributed by atoms with Crippen molar-refractivity contribution in [1.29, 1.82) is 0 Å². The molecular weight excluding hydrogens is 860 g/mol. The molecule has 4 unspecified atom stereocenters. The smallest absolute Gasteiger partial charge is 0.355 e. The Bertz CT molecular complexity index is 2290. The number of rotatable bonds is 8. The Morgan fingerprint density at radius 2 is 0.723 bits per heavy atom. The van der Waals surface area contributed by atoms with Crippen molar-refractivity contribution in [3.8, 4) is 0 Å². The molecule has 4 atom stereocenters. The van der Waals surface area contributed by atoms with Crippen LogP contribution in [0.25, 0.3) is 46.4 Å². The van der Waals surface area contributed by atoms with Crippen LogP contribution in [-0.2, 0) is 0 Å². The molecule has 9 rings (SSSR count). The molecule has 17 heteroatoms. The summed E-state index contributed by atoms with van der Waals surface area (Å²) in [7, 11) is 0. The van der Waals surface area contributed by atoms with Gasteiger partial charge in [-0.05, 0) is 133 Å². The van der Waals surface area contributed by atoms with E-state index in [0.29, 0.717) is 108 Å². The first kappa shape index (κ1) is 45.9. The molecule has 8 bridgehead atoms. The fraction of sp³-hybridized carbons (Fsp3) is 0.583. The van der Waals surface area contributed by atoms with Crippen LogP contribution in [0.2, 0.25) is 0 Å². The maximum Gasteiger partial charge on any atom is 0.401 e. The summed E-state index contributed by atoms with van der Waals surface area (Å²) < 4.78 is 129. The van der Waals surface area contributed by atoms with Crippen LogP contribution in [0.4, 0.5) is 39.5 Å². The van der Waals surface area contributed by atoms with E-state index in [0.717, 1.165) is 48.9 Å². The van der Waals surface area contributed by atoms with Crippen LogP contribution in [0.3, 0.4) is 0 Å². The van der Waals surface area contributed by atoms with E-state index >= 15 is 0 Å². The van der Waals surface area contributed by atoms with Crippen molar-refractivity contribution in [2.45, 2.75) is 127 Å². The molecule has 3 aromatic rings. The second-order valence-corrected chi connectivity index (χ2v) is 18.6. The minimum absolute atomic E-state index is 0.0510. The fourth-order valence-electron chi connectivity index (χ4n) is 11.6. The first-order chi connectivity index (χ1) is 31.0. The molecule has 6 aliphatic rings. The summed E-state index contributed by atoms with van der Waals surface area (Å²) in [6.45, 7) is 1.02. The van der Waals surface area contributed by atoms with Gasteiger partial charge in [0.05, 0.1) is 42.4 Å². The second-order valence-electron chi connectivity index (χ2n) is 18.6. The molecule has 0 aliphatic carbocycles. The number of hydrogen-bond donors (Lipinski definition) is 2. The van der Waals surface area contributed by atoms with Crippen LogP contribution in [0, 0.1) is 0 Å². The van der Waals surface area contributed by atoms with Gasteiger partial charge in [-0.3, -0.25) is 19.6 Å². The number of fused-ring (bicyclic) bond motifs is 8. The first-order valence-electron chi connectivity index (χ1n) is 23.4. The first-order valence-corrected chi connectivity index (χ1v) is 23.4. The van der Waals surface area contributed by atoms with E-state index in [1.54, 1.807) is 24.3 Å². The van der Waals surface area contributed by atoms with E-state index in [1.165, 1.54) is 14.7 Å². The van der Waals surface area contributed by atoms with Gasteiger partial charge in [0.25, 0.3) is 0 Å². The molecule has 0 radical (unpaired) electrons. The molecule has 4 saturated heterocycles. The summed E-state index contributed by atoms with van der Waals surface area (Å²) in [5.41, 5.74) is 6.89. The van der Waals surface area contributed by atoms with E-state index < -0.39 is 56.3 Å².